The molecule has 1 aromatic heterocycles. The molecule has 3 rings (SSSR count). The Morgan fingerprint density at radius 3 is 2.48 bits per heavy atom. The summed E-state index contributed by atoms with van der Waals surface area (Å²) in [5.41, 5.74) is 0.354. The highest BCUT2D eigenvalue weighted by atomic mass is 32.2. The third-order valence-electron chi connectivity index (χ3n) is 3.23. The van der Waals surface area contributed by atoms with Crippen LogP contribution < -0.4 is 10.0 Å². The van der Waals surface area contributed by atoms with Gasteiger partial charge >= 0.3 is 0 Å². The van der Waals surface area contributed by atoms with Gasteiger partial charge < -0.3 is 5.32 Å². The number of benzene rings is 2. The summed E-state index contributed by atoms with van der Waals surface area (Å²) >= 11 is 0. The average Bonchev–Trinajstić information content (AvgIpc) is 3.06. The standard InChI is InChI=1S/C16H13FN4O3S/c17-11-5-4-8-13(9-11)19-15(22)14-10-18-20-16(14)25(23,24)21-12-6-2-1-3-7-12/h1-10,21H,(H,18,20)(H,19,22). The van der Waals surface area contributed by atoms with Gasteiger partial charge in [0.05, 0.1) is 11.8 Å². The number of aromatic nitrogens is 2. The number of para-hydroxylation sites is 1. The minimum Gasteiger partial charge on any atom is -0.322 e. The number of nitrogens with one attached hydrogen (secondary N) is 3. The van der Waals surface area contributed by atoms with Crippen LogP contribution in [0.3, 0.4) is 0 Å². The maximum atomic E-state index is 13.2. The van der Waals surface area contributed by atoms with Gasteiger partial charge in [0.1, 0.15) is 5.82 Å². The Bertz CT molecular complexity index is 1000. The molecule has 0 aliphatic carbocycles. The largest absolute Gasteiger partial charge is 0.322 e. The van der Waals surface area contributed by atoms with Gasteiger partial charge in [-0.15, -0.1) is 0 Å². The third kappa shape index (κ3) is 3.83. The fourth-order valence-electron chi connectivity index (χ4n) is 2.12. The highest BCUT2D eigenvalue weighted by molar-refractivity contribution is 7.92. The van der Waals surface area contributed by atoms with Gasteiger partial charge in [-0.25, -0.2) is 4.39 Å². The van der Waals surface area contributed by atoms with Crippen molar-refractivity contribution in [2.75, 3.05) is 10.0 Å². The predicted octanol–water partition coefficient (Wildman–Crippen LogP) is 2.60. The van der Waals surface area contributed by atoms with E-state index in [4.69, 9.17) is 0 Å². The van der Waals surface area contributed by atoms with Crippen LogP contribution in [0.25, 0.3) is 0 Å². The van der Waals surface area contributed by atoms with Crippen molar-refractivity contribution in [2.24, 2.45) is 0 Å². The van der Waals surface area contributed by atoms with E-state index in [1.54, 1.807) is 30.3 Å². The number of carbonyl (C=O) groups excluding carboxylic acids is 1. The van der Waals surface area contributed by atoms with Crippen molar-refractivity contribution >= 4 is 27.3 Å². The molecule has 3 aromatic rings. The Morgan fingerprint density at radius 2 is 1.76 bits per heavy atom. The van der Waals surface area contributed by atoms with Gasteiger partial charge in [0.15, 0.2) is 5.03 Å². The Balaban J connectivity index is 1.85. The number of amides is 1. The zero-order valence-electron chi connectivity index (χ0n) is 12.7. The molecule has 0 atom stereocenters. The molecule has 0 saturated heterocycles. The number of hydrogen-bond donors (Lipinski definition) is 3. The molecule has 0 fully saturated rings. The summed E-state index contributed by atoms with van der Waals surface area (Å²) in [6.45, 7) is 0. The first-order valence-electron chi connectivity index (χ1n) is 7.14. The number of H-pyrrole nitrogens is 1. The van der Waals surface area contributed by atoms with Crippen LogP contribution in [0.4, 0.5) is 15.8 Å². The van der Waals surface area contributed by atoms with Gasteiger partial charge in [0, 0.05) is 11.4 Å². The van der Waals surface area contributed by atoms with Crippen molar-refractivity contribution in [2.45, 2.75) is 5.03 Å². The van der Waals surface area contributed by atoms with Gasteiger partial charge in [-0.1, -0.05) is 24.3 Å². The Hall–Kier alpha value is -3.20. The van der Waals surface area contributed by atoms with Gasteiger partial charge in [-0.2, -0.15) is 13.5 Å². The lowest BCUT2D eigenvalue weighted by Gasteiger charge is -2.09. The van der Waals surface area contributed by atoms with Crippen LogP contribution in [0.2, 0.25) is 0 Å². The second-order valence-corrected chi connectivity index (χ2v) is 6.67. The molecular weight excluding hydrogens is 347 g/mol. The molecule has 25 heavy (non-hydrogen) atoms. The summed E-state index contributed by atoms with van der Waals surface area (Å²) in [7, 11) is -4.05. The summed E-state index contributed by atoms with van der Waals surface area (Å²) < 4.78 is 40.5. The van der Waals surface area contributed by atoms with Gasteiger partial charge in [0.2, 0.25) is 0 Å². The van der Waals surface area contributed by atoms with E-state index in [9.17, 15) is 17.6 Å². The third-order valence-corrected chi connectivity index (χ3v) is 4.58. The molecule has 0 aliphatic heterocycles. The Labute approximate surface area is 142 Å². The van der Waals surface area contributed by atoms with Crippen LogP contribution in [0.15, 0.2) is 65.8 Å². The van der Waals surface area contributed by atoms with Crippen molar-refractivity contribution in [1.29, 1.82) is 0 Å². The van der Waals surface area contributed by atoms with Gasteiger partial charge in [0.25, 0.3) is 15.9 Å². The molecule has 3 N–H and O–H groups in total. The summed E-state index contributed by atoms with van der Waals surface area (Å²) in [6.07, 6.45) is 1.09. The predicted molar refractivity (Wildman–Crippen MR) is 90.2 cm³/mol. The van der Waals surface area contributed by atoms with Crippen molar-refractivity contribution in [3.63, 3.8) is 0 Å². The SMILES string of the molecule is O=C(Nc1cccc(F)c1)c1cn[nH]c1S(=O)(=O)Nc1ccccc1. The average molecular weight is 360 g/mol. The second-order valence-electron chi connectivity index (χ2n) is 5.05. The molecule has 1 heterocycles. The van der Waals surface area contributed by atoms with E-state index in [0.717, 1.165) is 12.3 Å². The van der Waals surface area contributed by atoms with Gasteiger partial charge in [-0.05, 0) is 30.3 Å². The molecule has 9 heteroatoms. The maximum absolute atomic E-state index is 13.2. The van der Waals surface area contributed by atoms with Crippen LogP contribution in [0.5, 0.6) is 0 Å². The number of halogens is 1. The van der Waals surface area contributed by atoms with Crippen molar-refractivity contribution in [3.05, 3.63) is 72.2 Å². The Morgan fingerprint density at radius 1 is 1.04 bits per heavy atom. The summed E-state index contributed by atoms with van der Waals surface area (Å²) in [5, 5.41) is 7.99. The van der Waals surface area contributed by atoms with E-state index in [1.807, 2.05) is 0 Å². The molecule has 7 nitrogen and oxygen atoms in total. The molecule has 0 saturated carbocycles. The summed E-state index contributed by atoms with van der Waals surface area (Å²) in [5.74, 6) is -1.25. The monoisotopic (exact) mass is 360 g/mol. The lowest BCUT2D eigenvalue weighted by atomic mass is 10.3. The van der Waals surface area contributed by atoms with Crippen LogP contribution in [-0.4, -0.2) is 24.5 Å². The first-order chi connectivity index (χ1) is 12.0. The molecule has 2 aromatic carbocycles. The minimum atomic E-state index is -4.05. The molecular formula is C16H13FN4O3S. The molecule has 0 aliphatic rings. The first kappa shape index (κ1) is 16.7. The molecule has 1 amide bonds. The van der Waals surface area contributed by atoms with Crippen LogP contribution in [-0.2, 0) is 10.0 Å². The normalized spacial score (nSPS) is 11.1. The maximum Gasteiger partial charge on any atom is 0.279 e. The van der Waals surface area contributed by atoms with Crippen molar-refractivity contribution in [1.82, 2.24) is 10.2 Å². The smallest absolute Gasteiger partial charge is 0.279 e. The molecule has 0 bridgehead atoms. The lowest BCUT2D eigenvalue weighted by molar-refractivity contribution is 0.102. The van der Waals surface area contributed by atoms with E-state index < -0.39 is 21.7 Å². The lowest BCUT2D eigenvalue weighted by Crippen LogP contribution is -2.19. The van der Waals surface area contributed by atoms with Gasteiger partial charge in [-0.3, -0.25) is 14.6 Å². The highest BCUT2D eigenvalue weighted by Gasteiger charge is 2.25. The molecule has 128 valence electrons. The summed E-state index contributed by atoms with van der Waals surface area (Å²) in [4.78, 5) is 12.3. The highest BCUT2D eigenvalue weighted by Crippen LogP contribution is 2.19. The second kappa shape index (κ2) is 6.73. The van der Waals surface area contributed by atoms with Crippen LogP contribution in [0.1, 0.15) is 10.4 Å². The number of hydrogen-bond acceptors (Lipinski definition) is 4. The molecule has 0 radical (unpaired) electrons. The van der Waals surface area contributed by atoms with E-state index in [0.29, 0.717) is 5.69 Å². The number of aromatic amines is 1. The Kier molecular flexibility index (Phi) is 4.48. The van der Waals surface area contributed by atoms with Crippen LogP contribution in [0, 0.1) is 5.82 Å². The number of carbonyl (C=O) groups is 1. The van der Waals surface area contributed by atoms with E-state index >= 15 is 0 Å². The fourth-order valence-corrected chi connectivity index (χ4v) is 3.27. The van der Waals surface area contributed by atoms with Crippen LogP contribution >= 0.6 is 0 Å². The van der Waals surface area contributed by atoms with E-state index in [1.165, 1.54) is 18.2 Å². The molecule has 0 unspecified atom stereocenters. The number of anilines is 2. The number of sulfonamides is 1. The summed E-state index contributed by atoms with van der Waals surface area (Å²) in [6, 6.07) is 13.5. The fraction of sp³-hybridized carbons (Fsp3) is 0. The minimum absolute atomic E-state index is 0.187. The van der Waals surface area contributed by atoms with E-state index in [2.05, 4.69) is 20.2 Å². The van der Waals surface area contributed by atoms with Crippen molar-refractivity contribution < 1.29 is 17.6 Å². The zero-order valence-corrected chi connectivity index (χ0v) is 13.5. The van der Waals surface area contributed by atoms with E-state index in [-0.39, 0.29) is 16.3 Å². The topological polar surface area (TPSA) is 104 Å². The first-order valence-corrected chi connectivity index (χ1v) is 8.62. The number of nitrogens with zero attached hydrogens (tertiary/aromatic N) is 1. The molecule has 0 spiro atoms. The quantitative estimate of drug-likeness (QED) is 0.650. The van der Waals surface area contributed by atoms with Crippen molar-refractivity contribution in [3.8, 4) is 0 Å². The number of rotatable bonds is 5. The zero-order chi connectivity index (χ0) is 17.9.